The lowest BCUT2D eigenvalue weighted by atomic mass is 9.96. The number of thiophene rings is 1. The van der Waals surface area contributed by atoms with Crippen LogP contribution in [0.2, 0.25) is 0 Å². The van der Waals surface area contributed by atoms with Crippen LogP contribution in [0.25, 0.3) is 5.00 Å². The molecule has 0 bridgehead atoms. The molecular formula is C22H20F3N5S. The summed E-state index contributed by atoms with van der Waals surface area (Å²) >= 11 is 1.68. The zero-order valence-electron chi connectivity index (χ0n) is 17.0. The maximum absolute atomic E-state index is 12.6. The molecule has 3 heterocycles. The summed E-state index contributed by atoms with van der Waals surface area (Å²) in [6, 6.07) is 6.57. The van der Waals surface area contributed by atoms with E-state index in [-0.39, 0.29) is 5.82 Å². The molecule has 160 valence electrons. The Morgan fingerprint density at radius 1 is 1.26 bits per heavy atom. The average Bonchev–Trinajstić information content (AvgIpc) is 3.23. The van der Waals surface area contributed by atoms with E-state index in [9.17, 15) is 18.4 Å². The number of aromatic nitrogens is 2. The SMILES string of the molecule is Cc1cc(/C=N\Nc2ccc(C(F)(F)F)cn2)c(C)n1-c1sc2c(c1C#N)CCCC2. The fourth-order valence-electron chi connectivity index (χ4n) is 3.85. The van der Waals surface area contributed by atoms with Gasteiger partial charge in [-0.15, -0.1) is 11.3 Å². The van der Waals surface area contributed by atoms with Crippen LogP contribution in [0.15, 0.2) is 29.5 Å². The highest BCUT2D eigenvalue weighted by Gasteiger charge is 2.30. The normalized spacial score (nSPS) is 13.9. The first-order valence-electron chi connectivity index (χ1n) is 9.86. The summed E-state index contributed by atoms with van der Waals surface area (Å²) < 4.78 is 40.0. The molecule has 4 rings (SSSR count). The van der Waals surface area contributed by atoms with Crippen molar-refractivity contribution in [3.8, 4) is 11.1 Å². The highest BCUT2D eigenvalue weighted by atomic mass is 32.1. The Kier molecular flexibility index (Phi) is 5.58. The summed E-state index contributed by atoms with van der Waals surface area (Å²) in [5.74, 6) is 0.218. The number of nitriles is 1. The predicted molar refractivity (Wildman–Crippen MR) is 115 cm³/mol. The molecule has 5 nitrogen and oxygen atoms in total. The summed E-state index contributed by atoms with van der Waals surface area (Å²) in [6.45, 7) is 3.94. The monoisotopic (exact) mass is 443 g/mol. The second kappa shape index (κ2) is 8.19. The fraction of sp³-hybridized carbons (Fsp3) is 0.318. The Balaban J connectivity index is 1.58. The molecule has 0 unspecified atom stereocenters. The zero-order valence-corrected chi connectivity index (χ0v) is 17.9. The van der Waals surface area contributed by atoms with Crippen LogP contribution in [0.5, 0.6) is 0 Å². The number of hydrazone groups is 1. The number of nitrogens with zero attached hydrogens (tertiary/aromatic N) is 4. The number of alkyl halides is 3. The van der Waals surface area contributed by atoms with Crippen LogP contribution in [-0.2, 0) is 19.0 Å². The first kappa shape index (κ1) is 21.1. The van der Waals surface area contributed by atoms with E-state index >= 15 is 0 Å². The smallest absolute Gasteiger partial charge is 0.308 e. The standard InChI is InChI=1S/C22H20F3N5S/c1-13-9-15(11-28-29-20-8-7-16(12-27-20)22(23,24)25)14(2)30(13)21-18(10-26)17-5-3-4-6-19(17)31-21/h7-9,11-12H,3-6H2,1-2H3,(H,27,29)/b28-11-. The van der Waals surface area contributed by atoms with E-state index in [2.05, 4.69) is 26.1 Å². The van der Waals surface area contributed by atoms with Crippen LogP contribution in [0.4, 0.5) is 19.0 Å². The van der Waals surface area contributed by atoms with Crippen LogP contribution >= 0.6 is 11.3 Å². The highest BCUT2D eigenvalue weighted by Crippen LogP contribution is 2.38. The van der Waals surface area contributed by atoms with Crippen LogP contribution < -0.4 is 5.43 Å². The quantitative estimate of drug-likeness (QED) is 0.411. The number of hydrogen-bond donors (Lipinski definition) is 1. The molecule has 0 amide bonds. The molecule has 0 saturated carbocycles. The zero-order chi connectivity index (χ0) is 22.2. The molecule has 3 aromatic heterocycles. The minimum absolute atomic E-state index is 0.218. The average molecular weight is 443 g/mol. The molecule has 0 saturated heterocycles. The summed E-state index contributed by atoms with van der Waals surface area (Å²) in [5.41, 5.74) is 6.59. The van der Waals surface area contributed by atoms with E-state index in [4.69, 9.17) is 0 Å². The molecular weight excluding hydrogens is 423 g/mol. The predicted octanol–water partition coefficient (Wildman–Crippen LogP) is 5.77. The maximum atomic E-state index is 12.6. The van der Waals surface area contributed by atoms with Gasteiger partial charge in [0.25, 0.3) is 0 Å². The van der Waals surface area contributed by atoms with Gasteiger partial charge in [-0.2, -0.15) is 23.5 Å². The van der Waals surface area contributed by atoms with E-state index in [1.165, 1.54) is 16.5 Å². The van der Waals surface area contributed by atoms with Gasteiger partial charge >= 0.3 is 6.18 Å². The largest absolute Gasteiger partial charge is 0.417 e. The van der Waals surface area contributed by atoms with E-state index in [1.54, 1.807) is 17.6 Å². The van der Waals surface area contributed by atoms with Gasteiger partial charge in [0.05, 0.1) is 17.3 Å². The Labute approximate surface area is 181 Å². The van der Waals surface area contributed by atoms with Crippen molar-refractivity contribution in [2.75, 3.05) is 5.43 Å². The Bertz CT molecular complexity index is 1180. The molecule has 31 heavy (non-hydrogen) atoms. The van der Waals surface area contributed by atoms with E-state index in [0.717, 1.165) is 65.5 Å². The summed E-state index contributed by atoms with van der Waals surface area (Å²) in [5, 5.41) is 14.9. The number of hydrogen-bond acceptors (Lipinski definition) is 5. The van der Waals surface area contributed by atoms with Crippen LogP contribution in [0, 0.1) is 25.2 Å². The minimum Gasteiger partial charge on any atom is -0.308 e. The van der Waals surface area contributed by atoms with Crippen molar-refractivity contribution in [1.29, 1.82) is 5.26 Å². The molecule has 0 aromatic carbocycles. The van der Waals surface area contributed by atoms with Gasteiger partial charge in [0.15, 0.2) is 0 Å². The molecule has 3 aromatic rings. The molecule has 0 atom stereocenters. The number of fused-ring (bicyclic) bond motifs is 1. The number of aryl methyl sites for hydroxylation is 2. The van der Waals surface area contributed by atoms with Gasteiger partial charge in [-0.1, -0.05) is 0 Å². The molecule has 1 aliphatic carbocycles. The number of pyridine rings is 1. The van der Waals surface area contributed by atoms with Crippen molar-refractivity contribution >= 4 is 23.4 Å². The Morgan fingerprint density at radius 2 is 2.03 bits per heavy atom. The molecule has 9 heteroatoms. The molecule has 0 fully saturated rings. The molecule has 1 aliphatic rings. The molecule has 0 radical (unpaired) electrons. The van der Waals surface area contributed by atoms with E-state index in [0.29, 0.717) is 0 Å². The summed E-state index contributed by atoms with van der Waals surface area (Å²) in [7, 11) is 0. The lowest BCUT2D eigenvalue weighted by Crippen LogP contribution is -2.05. The third-order valence-electron chi connectivity index (χ3n) is 5.41. The van der Waals surface area contributed by atoms with E-state index in [1.807, 2.05) is 19.9 Å². The first-order valence-corrected chi connectivity index (χ1v) is 10.7. The van der Waals surface area contributed by atoms with Gasteiger partial charge in [-0.3, -0.25) is 5.43 Å². The lowest BCUT2D eigenvalue weighted by Gasteiger charge is -2.10. The number of halogens is 3. The molecule has 0 aliphatic heterocycles. The highest BCUT2D eigenvalue weighted by molar-refractivity contribution is 7.15. The first-order chi connectivity index (χ1) is 14.8. The van der Waals surface area contributed by atoms with Crippen molar-refractivity contribution in [2.45, 2.75) is 45.7 Å². The fourth-order valence-corrected chi connectivity index (χ4v) is 5.30. The van der Waals surface area contributed by atoms with Gasteiger partial charge in [0.1, 0.15) is 16.9 Å². The van der Waals surface area contributed by atoms with E-state index < -0.39 is 11.7 Å². The maximum Gasteiger partial charge on any atom is 0.417 e. The van der Waals surface area contributed by atoms with Crippen molar-refractivity contribution < 1.29 is 13.2 Å². The third kappa shape index (κ3) is 4.08. The van der Waals surface area contributed by atoms with Crippen molar-refractivity contribution in [1.82, 2.24) is 9.55 Å². The van der Waals surface area contributed by atoms with Gasteiger partial charge < -0.3 is 4.57 Å². The molecule has 0 spiro atoms. The number of anilines is 1. The lowest BCUT2D eigenvalue weighted by molar-refractivity contribution is -0.137. The van der Waals surface area contributed by atoms with Crippen molar-refractivity contribution in [3.05, 3.63) is 62.9 Å². The van der Waals surface area contributed by atoms with Gasteiger partial charge in [-0.05, 0) is 63.3 Å². The topological polar surface area (TPSA) is 66.0 Å². The summed E-state index contributed by atoms with van der Waals surface area (Å²) in [4.78, 5) is 5.05. The van der Waals surface area contributed by atoms with Crippen molar-refractivity contribution in [2.24, 2.45) is 5.10 Å². The number of nitrogens with one attached hydrogen (secondary N) is 1. The number of rotatable bonds is 4. The Hall–Kier alpha value is -3.12. The Morgan fingerprint density at radius 3 is 2.71 bits per heavy atom. The van der Waals surface area contributed by atoms with Gasteiger partial charge in [0.2, 0.25) is 0 Å². The van der Waals surface area contributed by atoms with Crippen molar-refractivity contribution in [3.63, 3.8) is 0 Å². The summed E-state index contributed by atoms with van der Waals surface area (Å²) in [6.07, 6.45) is 2.20. The third-order valence-corrected chi connectivity index (χ3v) is 6.69. The van der Waals surface area contributed by atoms with Gasteiger partial charge in [0, 0.05) is 28.0 Å². The van der Waals surface area contributed by atoms with Crippen LogP contribution in [0.3, 0.4) is 0 Å². The van der Waals surface area contributed by atoms with Crippen LogP contribution in [0.1, 0.15) is 51.4 Å². The van der Waals surface area contributed by atoms with Gasteiger partial charge in [-0.25, -0.2) is 4.98 Å². The van der Waals surface area contributed by atoms with Crippen LogP contribution in [-0.4, -0.2) is 15.8 Å². The second-order valence-electron chi connectivity index (χ2n) is 7.46. The second-order valence-corrected chi connectivity index (χ2v) is 8.55. The molecule has 1 N–H and O–H groups in total. The minimum atomic E-state index is -4.42.